The molecule has 0 saturated carbocycles. The molecule has 0 bridgehead atoms. The van der Waals surface area contributed by atoms with Crippen molar-refractivity contribution in [2.75, 3.05) is 13.2 Å². The quantitative estimate of drug-likeness (QED) is 0.0262. The summed E-state index contributed by atoms with van der Waals surface area (Å²) in [5.74, 6) is -0.894. The number of carbonyl (C=O) groups is 3. The summed E-state index contributed by atoms with van der Waals surface area (Å²) in [5.41, 5.74) is 0. The molecule has 0 aliphatic heterocycles. The van der Waals surface area contributed by atoms with E-state index in [1.807, 2.05) is 0 Å². The molecule has 382 valence electrons. The summed E-state index contributed by atoms with van der Waals surface area (Å²) in [5, 5.41) is 0. The number of esters is 3. The Morgan fingerprint density at radius 3 is 1.00 bits per heavy atom. The minimum Gasteiger partial charge on any atom is -0.462 e. The molecule has 0 aromatic carbocycles. The van der Waals surface area contributed by atoms with Gasteiger partial charge >= 0.3 is 17.9 Å². The van der Waals surface area contributed by atoms with E-state index in [9.17, 15) is 14.4 Å². The van der Waals surface area contributed by atoms with Gasteiger partial charge in [-0.05, 0) is 77.0 Å². The monoisotopic (exact) mass is 923 g/mol. The van der Waals surface area contributed by atoms with Crippen LogP contribution in [0.15, 0.2) is 60.8 Å². The zero-order valence-electron chi connectivity index (χ0n) is 43.7. The molecule has 0 N–H and O–H groups in total. The van der Waals surface area contributed by atoms with E-state index in [1.54, 1.807) is 0 Å². The first kappa shape index (κ1) is 63.1. The van der Waals surface area contributed by atoms with Gasteiger partial charge in [-0.1, -0.05) is 248 Å². The molecule has 66 heavy (non-hydrogen) atoms. The second-order valence-electron chi connectivity index (χ2n) is 18.8. The largest absolute Gasteiger partial charge is 0.462 e. The predicted octanol–water partition coefficient (Wildman–Crippen LogP) is 18.8. The smallest absolute Gasteiger partial charge is 0.306 e. The molecule has 6 heteroatoms. The van der Waals surface area contributed by atoms with Gasteiger partial charge in [-0.3, -0.25) is 14.4 Å². The lowest BCUT2D eigenvalue weighted by atomic mass is 10.0. The van der Waals surface area contributed by atoms with Crippen LogP contribution in [0.25, 0.3) is 0 Å². The van der Waals surface area contributed by atoms with Crippen LogP contribution in [0, 0.1) is 0 Å². The molecular weight excluding hydrogens is 817 g/mol. The molecule has 0 saturated heterocycles. The summed E-state index contributed by atoms with van der Waals surface area (Å²) in [6, 6.07) is 0. The zero-order valence-corrected chi connectivity index (χ0v) is 43.7. The Hall–Kier alpha value is -2.89. The molecule has 1 unspecified atom stereocenters. The Balaban J connectivity index is 4.31. The molecule has 0 spiro atoms. The molecule has 0 amide bonds. The van der Waals surface area contributed by atoms with Crippen LogP contribution in [0.2, 0.25) is 0 Å². The van der Waals surface area contributed by atoms with Crippen molar-refractivity contribution >= 4 is 17.9 Å². The standard InChI is InChI=1S/C60H106O6/c1-4-7-10-13-16-19-22-24-26-28-30-32-34-36-38-41-44-47-50-53-59(62)65-56-57(55-64-58(61)52-49-46-43-40-21-18-15-12-9-6-3)66-60(63)54-51-48-45-42-39-37-35-33-31-29-27-25-23-20-17-14-11-8-5-2/h7,10,12,15-16,19,24,26,30,32,57H,4-6,8-9,11,13-14,17-18,20-23,25,27-29,31,33-56H2,1-3H3/b10-7-,15-12-,19-16-,26-24-,32-30-. The van der Waals surface area contributed by atoms with Gasteiger partial charge < -0.3 is 14.2 Å². The molecule has 0 heterocycles. The second kappa shape index (κ2) is 54.7. The maximum absolute atomic E-state index is 12.8. The molecule has 0 radical (unpaired) electrons. The van der Waals surface area contributed by atoms with Crippen LogP contribution >= 0.6 is 0 Å². The van der Waals surface area contributed by atoms with Crippen LogP contribution in [0.5, 0.6) is 0 Å². The van der Waals surface area contributed by atoms with Crippen molar-refractivity contribution in [3.63, 3.8) is 0 Å². The fourth-order valence-corrected chi connectivity index (χ4v) is 8.03. The zero-order chi connectivity index (χ0) is 47.9. The molecule has 1 atom stereocenters. The summed E-state index contributed by atoms with van der Waals surface area (Å²) in [4.78, 5) is 38.1. The van der Waals surface area contributed by atoms with Gasteiger partial charge in [-0.25, -0.2) is 0 Å². The highest BCUT2D eigenvalue weighted by molar-refractivity contribution is 5.71. The minimum atomic E-state index is -0.781. The summed E-state index contributed by atoms with van der Waals surface area (Å²) >= 11 is 0. The first-order chi connectivity index (χ1) is 32.5. The Morgan fingerprint density at radius 2 is 0.621 bits per heavy atom. The van der Waals surface area contributed by atoms with Crippen molar-refractivity contribution < 1.29 is 28.6 Å². The third-order valence-electron chi connectivity index (χ3n) is 12.2. The van der Waals surface area contributed by atoms with E-state index in [0.29, 0.717) is 19.3 Å². The van der Waals surface area contributed by atoms with Crippen molar-refractivity contribution in [2.45, 2.75) is 290 Å². The van der Waals surface area contributed by atoms with E-state index in [1.165, 1.54) is 141 Å². The number of ether oxygens (including phenoxy) is 3. The third-order valence-corrected chi connectivity index (χ3v) is 12.2. The lowest BCUT2D eigenvalue weighted by Gasteiger charge is -2.18. The van der Waals surface area contributed by atoms with Gasteiger partial charge in [0.15, 0.2) is 6.10 Å². The summed E-state index contributed by atoms with van der Waals surface area (Å²) in [6.45, 7) is 6.47. The predicted molar refractivity (Wildman–Crippen MR) is 284 cm³/mol. The van der Waals surface area contributed by atoms with Crippen molar-refractivity contribution in [3.8, 4) is 0 Å². The van der Waals surface area contributed by atoms with E-state index in [4.69, 9.17) is 14.2 Å². The van der Waals surface area contributed by atoms with E-state index < -0.39 is 6.10 Å². The van der Waals surface area contributed by atoms with Gasteiger partial charge in [0.05, 0.1) is 0 Å². The highest BCUT2D eigenvalue weighted by Gasteiger charge is 2.19. The fourth-order valence-electron chi connectivity index (χ4n) is 8.03. The average Bonchev–Trinajstić information content (AvgIpc) is 3.31. The first-order valence-corrected chi connectivity index (χ1v) is 28.3. The van der Waals surface area contributed by atoms with Crippen LogP contribution in [0.3, 0.4) is 0 Å². The molecular formula is C60H106O6. The Morgan fingerprint density at radius 1 is 0.318 bits per heavy atom. The van der Waals surface area contributed by atoms with Gasteiger partial charge in [-0.2, -0.15) is 0 Å². The Bertz CT molecular complexity index is 1200. The summed E-state index contributed by atoms with van der Waals surface area (Å²) in [7, 11) is 0. The van der Waals surface area contributed by atoms with Gasteiger partial charge in [0.2, 0.25) is 0 Å². The average molecular weight is 924 g/mol. The number of unbranched alkanes of at least 4 members (excludes halogenated alkanes) is 30. The van der Waals surface area contributed by atoms with Crippen LogP contribution in [0.1, 0.15) is 284 Å². The highest BCUT2D eigenvalue weighted by Crippen LogP contribution is 2.16. The van der Waals surface area contributed by atoms with Crippen LogP contribution < -0.4 is 0 Å². The lowest BCUT2D eigenvalue weighted by Crippen LogP contribution is -2.30. The molecule has 0 aromatic heterocycles. The Labute approximate surface area is 409 Å². The fraction of sp³-hybridized carbons (Fsp3) is 0.783. The molecule has 0 aliphatic rings. The van der Waals surface area contributed by atoms with Gasteiger partial charge in [0.1, 0.15) is 13.2 Å². The number of hydrogen-bond acceptors (Lipinski definition) is 6. The second-order valence-corrected chi connectivity index (χ2v) is 18.8. The van der Waals surface area contributed by atoms with E-state index in [-0.39, 0.29) is 31.1 Å². The number of rotatable bonds is 51. The van der Waals surface area contributed by atoms with E-state index in [2.05, 4.69) is 81.5 Å². The highest BCUT2D eigenvalue weighted by atomic mass is 16.6. The molecule has 0 aliphatic carbocycles. The third kappa shape index (κ3) is 52.1. The summed E-state index contributed by atoms with van der Waals surface area (Å²) in [6.07, 6.45) is 67.9. The van der Waals surface area contributed by atoms with Crippen molar-refractivity contribution in [2.24, 2.45) is 0 Å². The SMILES string of the molecule is CC/C=C\C/C=C\C/C=C\C/C=C\CCCCCCCCC(=O)OCC(COC(=O)CCCCCCC/C=C\CCC)OC(=O)CCCCCCCCCCCCCCCCCCCCC. The van der Waals surface area contributed by atoms with E-state index >= 15 is 0 Å². The van der Waals surface area contributed by atoms with Gasteiger partial charge in [0.25, 0.3) is 0 Å². The van der Waals surface area contributed by atoms with Gasteiger partial charge in [0, 0.05) is 19.3 Å². The van der Waals surface area contributed by atoms with Crippen molar-refractivity contribution in [1.82, 2.24) is 0 Å². The first-order valence-electron chi connectivity index (χ1n) is 28.3. The number of carbonyl (C=O) groups excluding carboxylic acids is 3. The van der Waals surface area contributed by atoms with Crippen molar-refractivity contribution in [1.29, 1.82) is 0 Å². The van der Waals surface area contributed by atoms with Gasteiger partial charge in [-0.15, -0.1) is 0 Å². The van der Waals surface area contributed by atoms with E-state index in [0.717, 1.165) is 103 Å². The van der Waals surface area contributed by atoms with Crippen LogP contribution in [-0.4, -0.2) is 37.2 Å². The molecule has 0 fully saturated rings. The topological polar surface area (TPSA) is 78.9 Å². The normalized spacial score (nSPS) is 12.5. The molecule has 0 aromatic rings. The molecule has 6 nitrogen and oxygen atoms in total. The van der Waals surface area contributed by atoms with Crippen LogP contribution in [-0.2, 0) is 28.6 Å². The summed E-state index contributed by atoms with van der Waals surface area (Å²) < 4.78 is 16.8. The lowest BCUT2D eigenvalue weighted by molar-refractivity contribution is -0.167. The minimum absolute atomic E-state index is 0.0813. The molecule has 0 rings (SSSR count). The maximum Gasteiger partial charge on any atom is 0.306 e. The van der Waals surface area contributed by atoms with Crippen molar-refractivity contribution in [3.05, 3.63) is 60.8 Å². The van der Waals surface area contributed by atoms with Crippen LogP contribution in [0.4, 0.5) is 0 Å². The Kier molecular flexibility index (Phi) is 52.3. The number of allylic oxidation sites excluding steroid dienone is 10. The maximum atomic E-state index is 12.8. The number of hydrogen-bond donors (Lipinski definition) is 0.